The molecule has 9 nitrogen and oxygen atoms in total. The van der Waals surface area contributed by atoms with Crippen LogP contribution in [0, 0.1) is 5.92 Å². The van der Waals surface area contributed by atoms with Crippen LogP contribution in [0.5, 0.6) is 0 Å². The summed E-state index contributed by atoms with van der Waals surface area (Å²) in [5, 5.41) is 10.7. The van der Waals surface area contributed by atoms with Gasteiger partial charge in [0.15, 0.2) is 0 Å². The van der Waals surface area contributed by atoms with Gasteiger partial charge in [-0.2, -0.15) is 0 Å². The quantitative estimate of drug-likeness (QED) is 0.244. The van der Waals surface area contributed by atoms with Gasteiger partial charge in [-0.15, -0.1) is 0 Å². The summed E-state index contributed by atoms with van der Waals surface area (Å²) in [4.78, 5) is 39.1. The summed E-state index contributed by atoms with van der Waals surface area (Å²) >= 11 is 6.49. The van der Waals surface area contributed by atoms with E-state index in [1.807, 2.05) is 49.6 Å². The molecule has 5 rings (SSSR count). The van der Waals surface area contributed by atoms with Crippen LogP contribution in [-0.4, -0.2) is 57.8 Å². The van der Waals surface area contributed by atoms with E-state index in [4.69, 9.17) is 16.6 Å². The van der Waals surface area contributed by atoms with Crippen molar-refractivity contribution in [2.75, 3.05) is 30.8 Å². The zero-order valence-electron chi connectivity index (χ0n) is 21.6. The van der Waals surface area contributed by atoms with E-state index in [0.29, 0.717) is 41.9 Å². The molecule has 0 bridgehead atoms. The summed E-state index contributed by atoms with van der Waals surface area (Å²) < 4.78 is 0. The number of hydrogen-bond donors (Lipinski definition) is 4. The molecule has 1 fully saturated rings. The maximum Gasteiger partial charge on any atom is 0.247 e. The van der Waals surface area contributed by atoms with E-state index < -0.39 is 0 Å². The number of carbonyl (C=O) groups excluding carboxylic acids is 2. The Morgan fingerprint density at radius 1 is 1.18 bits per heavy atom. The average Bonchev–Trinajstić information content (AvgIpc) is 3.37. The highest BCUT2D eigenvalue weighted by molar-refractivity contribution is 6.33. The van der Waals surface area contributed by atoms with Gasteiger partial charge in [-0.1, -0.05) is 48.5 Å². The zero-order valence-corrected chi connectivity index (χ0v) is 22.3. The molecule has 0 aliphatic carbocycles. The van der Waals surface area contributed by atoms with Crippen LogP contribution >= 0.6 is 11.6 Å². The van der Waals surface area contributed by atoms with E-state index in [9.17, 15) is 9.59 Å². The molecule has 2 atom stereocenters. The first-order valence-electron chi connectivity index (χ1n) is 12.7. The number of amides is 2. The number of hydrogen-bond acceptors (Lipinski definition) is 6. The lowest BCUT2D eigenvalue weighted by molar-refractivity contribution is -0.126. The van der Waals surface area contributed by atoms with Crippen molar-refractivity contribution in [1.29, 1.82) is 0 Å². The molecule has 3 heterocycles. The molecular weight excluding hydrogens is 514 g/mol. The minimum Gasteiger partial charge on any atom is -0.360 e. The van der Waals surface area contributed by atoms with E-state index in [1.165, 1.54) is 6.08 Å². The van der Waals surface area contributed by atoms with Crippen LogP contribution in [0.4, 0.5) is 11.6 Å². The summed E-state index contributed by atoms with van der Waals surface area (Å²) in [6.07, 6.45) is 5.39. The topological polar surface area (TPSA) is 115 Å². The van der Waals surface area contributed by atoms with E-state index >= 15 is 0 Å². The molecule has 0 radical (unpaired) electrons. The fourth-order valence-electron chi connectivity index (χ4n) is 4.92. The molecule has 4 aromatic rings. The van der Waals surface area contributed by atoms with E-state index in [-0.39, 0.29) is 23.8 Å². The van der Waals surface area contributed by atoms with Crippen molar-refractivity contribution < 1.29 is 9.59 Å². The molecule has 2 aromatic heterocycles. The number of carbonyl (C=O) groups is 2. The SMILES string of the molecule is C=CC(=O)Nc1ccc(CNC(=O)C2CC(Nc3ncc(Cl)c(-c4c[nH]c5ccccc45)n3)CN(C)C2)cc1. The van der Waals surface area contributed by atoms with Crippen LogP contribution in [0.2, 0.25) is 5.02 Å². The summed E-state index contributed by atoms with van der Waals surface area (Å²) in [5.41, 5.74) is 4.19. The van der Waals surface area contributed by atoms with Crippen molar-refractivity contribution >= 4 is 46.0 Å². The Morgan fingerprint density at radius 3 is 2.77 bits per heavy atom. The summed E-state index contributed by atoms with van der Waals surface area (Å²) in [5.74, 6) is 0.0169. The molecule has 2 amide bonds. The zero-order chi connectivity index (χ0) is 27.4. The predicted octanol–water partition coefficient (Wildman–Crippen LogP) is 4.45. The number of likely N-dealkylation sites (N-methyl/N-ethyl adjacent to an activating group) is 1. The number of likely N-dealkylation sites (tertiary alicyclic amines) is 1. The number of benzene rings is 2. The lowest BCUT2D eigenvalue weighted by atomic mass is 9.93. The van der Waals surface area contributed by atoms with Gasteiger partial charge in [0.2, 0.25) is 17.8 Å². The fraction of sp³-hybridized carbons (Fsp3) is 0.241. The second-order valence-corrected chi connectivity index (χ2v) is 10.1. The fourth-order valence-corrected chi connectivity index (χ4v) is 5.12. The number of aromatic nitrogens is 3. The van der Waals surface area contributed by atoms with Crippen LogP contribution < -0.4 is 16.0 Å². The maximum atomic E-state index is 13.1. The monoisotopic (exact) mass is 543 g/mol. The molecule has 2 unspecified atom stereocenters. The molecule has 10 heteroatoms. The molecule has 4 N–H and O–H groups in total. The first-order valence-corrected chi connectivity index (χ1v) is 13.1. The highest BCUT2D eigenvalue weighted by Gasteiger charge is 2.30. The third-order valence-corrected chi connectivity index (χ3v) is 7.08. The van der Waals surface area contributed by atoms with E-state index in [1.54, 1.807) is 18.3 Å². The van der Waals surface area contributed by atoms with Gasteiger partial charge in [-0.25, -0.2) is 9.97 Å². The van der Waals surface area contributed by atoms with Crippen molar-refractivity contribution in [2.24, 2.45) is 5.92 Å². The molecule has 0 saturated carbocycles. The lowest BCUT2D eigenvalue weighted by Crippen LogP contribution is -2.49. The summed E-state index contributed by atoms with van der Waals surface area (Å²) in [6, 6.07) is 15.3. The van der Waals surface area contributed by atoms with Crippen LogP contribution in [0.25, 0.3) is 22.2 Å². The molecule has 1 aliphatic rings. The van der Waals surface area contributed by atoms with Gasteiger partial charge >= 0.3 is 0 Å². The number of H-pyrrole nitrogens is 1. The molecular formula is C29H30ClN7O2. The second kappa shape index (κ2) is 11.7. The number of halogens is 1. The van der Waals surface area contributed by atoms with Gasteiger partial charge in [0, 0.05) is 54.0 Å². The van der Waals surface area contributed by atoms with Gasteiger partial charge in [-0.05, 0) is 43.3 Å². The number of fused-ring (bicyclic) bond motifs is 1. The molecule has 39 heavy (non-hydrogen) atoms. The largest absolute Gasteiger partial charge is 0.360 e. The van der Waals surface area contributed by atoms with Crippen LogP contribution in [0.1, 0.15) is 12.0 Å². The standard InChI is InChI=1S/C29H30ClN7O2/c1-3-26(38)34-20-10-8-18(9-11-20)13-32-28(39)19-12-21(17-37(2)16-19)35-29-33-15-24(30)27(36-29)23-14-31-25-7-5-4-6-22(23)25/h3-11,14-15,19,21,31H,1,12-13,16-17H2,2H3,(H,32,39)(H,34,38)(H,33,35,36). The van der Waals surface area contributed by atoms with Gasteiger partial charge in [0.25, 0.3) is 0 Å². The Hall–Kier alpha value is -4.21. The Balaban J connectivity index is 1.22. The number of nitrogens with zero attached hydrogens (tertiary/aromatic N) is 3. The number of aromatic amines is 1. The molecule has 200 valence electrons. The number of anilines is 2. The predicted molar refractivity (Wildman–Crippen MR) is 154 cm³/mol. The van der Waals surface area contributed by atoms with Crippen molar-refractivity contribution in [2.45, 2.75) is 19.0 Å². The Kier molecular flexibility index (Phi) is 7.90. The van der Waals surface area contributed by atoms with Crippen molar-refractivity contribution in [3.63, 3.8) is 0 Å². The number of para-hydroxylation sites is 1. The second-order valence-electron chi connectivity index (χ2n) is 9.74. The van der Waals surface area contributed by atoms with E-state index in [0.717, 1.165) is 28.6 Å². The first kappa shape index (κ1) is 26.4. The molecule has 0 spiro atoms. The lowest BCUT2D eigenvalue weighted by Gasteiger charge is -2.35. The third kappa shape index (κ3) is 6.27. The van der Waals surface area contributed by atoms with Gasteiger partial charge in [0.1, 0.15) is 0 Å². The van der Waals surface area contributed by atoms with E-state index in [2.05, 4.69) is 37.4 Å². The van der Waals surface area contributed by atoms with Crippen LogP contribution in [-0.2, 0) is 16.1 Å². The third-order valence-electron chi connectivity index (χ3n) is 6.80. The minimum atomic E-state index is -0.265. The normalized spacial score (nSPS) is 17.5. The average molecular weight is 544 g/mol. The summed E-state index contributed by atoms with van der Waals surface area (Å²) in [6.45, 7) is 5.28. The Labute approximate surface area is 231 Å². The Bertz CT molecular complexity index is 1500. The number of nitrogens with one attached hydrogen (secondary N) is 4. The van der Waals surface area contributed by atoms with Crippen molar-refractivity contribution in [3.05, 3.63) is 84.2 Å². The van der Waals surface area contributed by atoms with Crippen LogP contribution in [0.15, 0.2) is 73.6 Å². The highest BCUT2D eigenvalue weighted by atomic mass is 35.5. The molecule has 1 aliphatic heterocycles. The summed E-state index contributed by atoms with van der Waals surface area (Å²) in [7, 11) is 2.00. The Morgan fingerprint density at radius 2 is 1.97 bits per heavy atom. The number of rotatable bonds is 8. The molecule has 1 saturated heterocycles. The first-order chi connectivity index (χ1) is 18.9. The van der Waals surface area contributed by atoms with Crippen LogP contribution in [0.3, 0.4) is 0 Å². The van der Waals surface area contributed by atoms with Crippen molar-refractivity contribution in [3.8, 4) is 11.3 Å². The smallest absolute Gasteiger partial charge is 0.247 e. The van der Waals surface area contributed by atoms with Crippen molar-refractivity contribution in [1.82, 2.24) is 25.2 Å². The van der Waals surface area contributed by atoms with Gasteiger partial charge in [0.05, 0.1) is 22.8 Å². The number of piperidine rings is 1. The van der Waals surface area contributed by atoms with Gasteiger partial charge in [-0.3, -0.25) is 9.59 Å². The minimum absolute atomic E-state index is 0.00565. The highest BCUT2D eigenvalue weighted by Crippen LogP contribution is 2.32. The molecule has 2 aromatic carbocycles. The van der Waals surface area contributed by atoms with Gasteiger partial charge < -0.3 is 25.8 Å². The maximum absolute atomic E-state index is 13.1.